The second-order valence-electron chi connectivity index (χ2n) is 9.47. The van der Waals surface area contributed by atoms with Crippen LogP contribution in [-0.2, 0) is 4.79 Å². The maximum absolute atomic E-state index is 12.7. The SMILES string of the molecule is C=C(/C=C\C(=C/CCC)C(N)=C(C)C(=NC)NC1=CCCC=C1)C(=O)NC1CCCC(C)CC1. The fourth-order valence-corrected chi connectivity index (χ4v) is 4.25. The van der Waals surface area contributed by atoms with Crippen molar-refractivity contribution >= 4 is 11.7 Å². The predicted molar refractivity (Wildman–Crippen MR) is 145 cm³/mol. The van der Waals surface area contributed by atoms with E-state index in [9.17, 15) is 4.79 Å². The van der Waals surface area contributed by atoms with Crippen molar-refractivity contribution in [1.29, 1.82) is 0 Å². The first-order valence-corrected chi connectivity index (χ1v) is 12.8. The Morgan fingerprint density at radius 3 is 2.71 bits per heavy atom. The van der Waals surface area contributed by atoms with Crippen LogP contribution in [0.2, 0.25) is 0 Å². The molecule has 5 nitrogen and oxygen atoms in total. The zero-order chi connectivity index (χ0) is 24.9. The first kappa shape index (κ1) is 27.4. The van der Waals surface area contributed by atoms with Gasteiger partial charge in [0.1, 0.15) is 5.84 Å². The van der Waals surface area contributed by atoms with Crippen LogP contribution in [0.3, 0.4) is 0 Å². The molecule has 0 aliphatic heterocycles. The summed E-state index contributed by atoms with van der Waals surface area (Å²) in [6.45, 7) is 10.4. The quantitative estimate of drug-likeness (QED) is 0.129. The number of aliphatic imine (C=N–C) groups is 1. The second-order valence-corrected chi connectivity index (χ2v) is 9.47. The fourth-order valence-electron chi connectivity index (χ4n) is 4.25. The average Bonchev–Trinajstić information content (AvgIpc) is 3.05. The number of carbonyl (C=O) groups is 1. The molecule has 0 bridgehead atoms. The van der Waals surface area contributed by atoms with E-state index >= 15 is 0 Å². The summed E-state index contributed by atoms with van der Waals surface area (Å²) in [7, 11) is 1.76. The van der Waals surface area contributed by atoms with Crippen LogP contribution in [0.5, 0.6) is 0 Å². The molecule has 0 radical (unpaired) electrons. The molecule has 5 heteroatoms. The molecule has 2 rings (SSSR count). The molecule has 0 aromatic rings. The highest BCUT2D eigenvalue weighted by Gasteiger charge is 2.18. The van der Waals surface area contributed by atoms with Crippen LogP contribution in [0.25, 0.3) is 0 Å². The van der Waals surface area contributed by atoms with E-state index in [0.29, 0.717) is 11.3 Å². The predicted octanol–water partition coefficient (Wildman–Crippen LogP) is 5.99. The monoisotopic (exact) mass is 464 g/mol. The first-order valence-electron chi connectivity index (χ1n) is 12.8. The number of hydrogen-bond donors (Lipinski definition) is 3. The Morgan fingerprint density at radius 1 is 1.24 bits per heavy atom. The van der Waals surface area contributed by atoms with Gasteiger partial charge in [-0.1, -0.05) is 64.0 Å². The summed E-state index contributed by atoms with van der Waals surface area (Å²) >= 11 is 0. The lowest BCUT2D eigenvalue weighted by Crippen LogP contribution is -2.34. The molecule has 0 saturated heterocycles. The Labute approximate surface area is 206 Å². The molecular weight excluding hydrogens is 420 g/mol. The number of nitrogens with one attached hydrogen (secondary N) is 2. The molecule has 0 heterocycles. The highest BCUT2D eigenvalue weighted by atomic mass is 16.1. The molecule has 186 valence electrons. The van der Waals surface area contributed by atoms with Crippen molar-refractivity contribution in [2.24, 2.45) is 16.6 Å². The third kappa shape index (κ3) is 8.85. The topological polar surface area (TPSA) is 79.5 Å². The lowest BCUT2D eigenvalue weighted by Gasteiger charge is -2.17. The normalized spacial score (nSPS) is 22.6. The van der Waals surface area contributed by atoms with Crippen molar-refractivity contribution in [3.63, 3.8) is 0 Å². The number of hydrogen-bond acceptors (Lipinski definition) is 3. The minimum Gasteiger partial charge on any atom is -0.398 e. The summed E-state index contributed by atoms with van der Waals surface area (Å²) < 4.78 is 0. The van der Waals surface area contributed by atoms with Crippen LogP contribution in [0.4, 0.5) is 0 Å². The molecule has 1 saturated carbocycles. The van der Waals surface area contributed by atoms with E-state index in [1.54, 1.807) is 13.1 Å². The maximum atomic E-state index is 12.7. The number of rotatable bonds is 9. The molecule has 2 aliphatic rings. The van der Waals surface area contributed by atoms with Crippen LogP contribution in [-0.4, -0.2) is 24.8 Å². The Bertz CT molecular complexity index is 901. The van der Waals surface area contributed by atoms with Gasteiger partial charge in [0.2, 0.25) is 0 Å². The Morgan fingerprint density at radius 2 is 2.03 bits per heavy atom. The van der Waals surface area contributed by atoms with Crippen LogP contribution in [0.1, 0.15) is 78.6 Å². The highest BCUT2D eigenvalue weighted by Crippen LogP contribution is 2.23. The van der Waals surface area contributed by atoms with Crippen molar-refractivity contribution in [3.05, 3.63) is 71.1 Å². The van der Waals surface area contributed by atoms with Gasteiger partial charge in [0.05, 0.1) is 0 Å². The molecule has 34 heavy (non-hydrogen) atoms. The van der Waals surface area contributed by atoms with Crippen molar-refractivity contribution in [1.82, 2.24) is 10.6 Å². The molecular formula is C29H44N4O. The summed E-state index contributed by atoms with van der Waals surface area (Å²) in [4.78, 5) is 17.2. The lowest BCUT2D eigenvalue weighted by atomic mass is 10.0. The Kier molecular flexibility index (Phi) is 11.7. The van der Waals surface area contributed by atoms with Gasteiger partial charge in [-0.2, -0.15) is 0 Å². The molecule has 1 fully saturated rings. The van der Waals surface area contributed by atoms with E-state index in [1.807, 2.05) is 13.0 Å². The van der Waals surface area contributed by atoms with E-state index in [2.05, 4.69) is 60.4 Å². The van der Waals surface area contributed by atoms with Crippen LogP contribution < -0.4 is 16.4 Å². The third-order valence-corrected chi connectivity index (χ3v) is 6.55. The number of allylic oxidation sites excluding steroid dienone is 5. The molecule has 1 amide bonds. The minimum absolute atomic E-state index is 0.0987. The van der Waals surface area contributed by atoms with Crippen molar-refractivity contribution in [3.8, 4) is 0 Å². The second kappa shape index (κ2) is 14.4. The van der Waals surface area contributed by atoms with Crippen LogP contribution in [0, 0.1) is 5.92 Å². The summed E-state index contributed by atoms with van der Waals surface area (Å²) in [5, 5.41) is 6.56. The zero-order valence-corrected chi connectivity index (χ0v) is 21.6. The molecule has 2 aliphatic carbocycles. The van der Waals surface area contributed by atoms with Gasteiger partial charge in [-0.25, -0.2) is 0 Å². The van der Waals surface area contributed by atoms with E-state index in [4.69, 9.17) is 5.73 Å². The van der Waals surface area contributed by atoms with Crippen molar-refractivity contribution in [2.75, 3.05) is 7.05 Å². The molecule has 0 spiro atoms. The summed E-state index contributed by atoms with van der Waals surface area (Å²) in [5.41, 5.74) is 10.5. The van der Waals surface area contributed by atoms with Crippen molar-refractivity contribution in [2.45, 2.75) is 84.6 Å². The van der Waals surface area contributed by atoms with E-state index < -0.39 is 0 Å². The Hall–Kier alpha value is -2.82. The first-order chi connectivity index (χ1) is 16.3. The van der Waals surface area contributed by atoms with Gasteiger partial charge in [-0.15, -0.1) is 0 Å². The minimum atomic E-state index is -0.0987. The molecule has 2 unspecified atom stereocenters. The summed E-state index contributed by atoms with van der Waals surface area (Å²) in [6, 6.07) is 0.238. The molecule has 0 aromatic carbocycles. The number of unbranched alkanes of at least 4 members (excludes halogenated alkanes) is 1. The lowest BCUT2D eigenvalue weighted by molar-refractivity contribution is -0.117. The number of amides is 1. The molecule has 4 N–H and O–H groups in total. The number of carbonyl (C=O) groups excluding carboxylic acids is 1. The average molecular weight is 465 g/mol. The van der Waals surface area contributed by atoms with Gasteiger partial charge in [0.15, 0.2) is 0 Å². The van der Waals surface area contributed by atoms with Crippen LogP contribution in [0.15, 0.2) is 76.1 Å². The van der Waals surface area contributed by atoms with Crippen LogP contribution >= 0.6 is 0 Å². The number of nitrogens with zero attached hydrogens (tertiary/aromatic N) is 1. The summed E-state index contributed by atoms with van der Waals surface area (Å²) in [5.74, 6) is 1.38. The zero-order valence-electron chi connectivity index (χ0n) is 21.6. The van der Waals surface area contributed by atoms with Gasteiger partial charge >= 0.3 is 0 Å². The third-order valence-electron chi connectivity index (χ3n) is 6.55. The largest absolute Gasteiger partial charge is 0.398 e. The van der Waals surface area contributed by atoms with E-state index in [1.165, 1.54) is 19.3 Å². The van der Waals surface area contributed by atoms with Gasteiger partial charge in [-0.3, -0.25) is 9.79 Å². The summed E-state index contributed by atoms with van der Waals surface area (Å²) in [6.07, 6.45) is 21.8. The highest BCUT2D eigenvalue weighted by molar-refractivity contribution is 6.00. The van der Waals surface area contributed by atoms with E-state index in [0.717, 1.165) is 67.1 Å². The van der Waals surface area contributed by atoms with E-state index in [-0.39, 0.29) is 11.9 Å². The number of nitrogens with two attached hydrogens (primary N) is 1. The fraction of sp³-hybridized carbons (Fsp3) is 0.517. The molecule has 2 atom stereocenters. The number of amidine groups is 1. The van der Waals surface area contributed by atoms with Gasteiger partial charge < -0.3 is 16.4 Å². The van der Waals surface area contributed by atoms with Gasteiger partial charge in [0, 0.05) is 35.6 Å². The smallest absolute Gasteiger partial charge is 0.250 e. The van der Waals surface area contributed by atoms with Crippen molar-refractivity contribution < 1.29 is 4.79 Å². The Balaban J connectivity index is 2.12. The van der Waals surface area contributed by atoms with Gasteiger partial charge in [0.25, 0.3) is 5.91 Å². The maximum Gasteiger partial charge on any atom is 0.250 e. The van der Waals surface area contributed by atoms with Gasteiger partial charge in [-0.05, 0) is 69.1 Å². The molecule has 0 aromatic heterocycles. The standard InChI is InChI=1S/C29H44N4O/c1-6-7-13-24(27(30)23(4)28(31-5)32-25-14-9-8-10-15-25)19-18-22(3)29(34)33-26-16-11-12-21(2)17-20-26/h9,13-15,18-19,21,26H,3,6-8,10-12,16-17,20,30H2,1-2,4-5H3,(H,31,32)(H,33,34)/b19-18-,24-13+,27-23?.